The minimum absolute atomic E-state index is 0.0199. The van der Waals surface area contributed by atoms with Crippen molar-refractivity contribution in [3.63, 3.8) is 0 Å². The van der Waals surface area contributed by atoms with E-state index in [1.807, 2.05) is 13.8 Å². The van der Waals surface area contributed by atoms with Gasteiger partial charge in [-0.3, -0.25) is 0 Å². The average molecular weight is 377 g/mol. The van der Waals surface area contributed by atoms with Crippen LogP contribution in [0.5, 0.6) is 0 Å². The topological polar surface area (TPSA) is 74.6 Å². The molecule has 0 spiro atoms. The first kappa shape index (κ1) is 23.2. The summed E-state index contributed by atoms with van der Waals surface area (Å²) in [5.41, 5.74) is 1.50. The van der Waals surface area contributed by atoms with Crippen molar-refractivity contribution in [2.45, 2.75) is 97.3 Å². The van der Waals surface area contributed by atoms with E-state index in [4.69, 9.17) is 0 Å². The van der Waals surface area contributed by atoms with E-state index in [0.717, 1.165) is 24.8 Å². The Labute approximate surface area is 164 Å². The van der Waals surface area contributed by atoms with Gasteiger partial charge in [-0.05, 0) is 36.0 Å². The van der Waals surface area contributed by atoms with Crippen molar-refractivity contribution in [2.24, 2.45) is 0 Å². The maximum absolute atomic E-state index is 11.7. The van der Waals surface area contributed by atoms with Gasteiger partial charge in [0.15, 0.2) is 0 Å². The second kappa shape index (κ2) is 12.5. The molecule has 0 bridgehead atoms. The minimum Gasteiger partial charge on any atom is -0.478 e. The van der Waals surface area contributed by atoms with Crippen molar-refractivity contribution in [2.75, 3.05) is 0 Å². The standard InChI is InChI=1S/C23H36O4/c1-4-5-6-7-8-9-10-11-12-13-14-18-15-16-19(22(24)25)21(23(26)27)20(18)17(2)3/h15-17H,4-14H2,1-3H3,(H,24,25)(H,26,27). The highest BCUT2D eigenvalue weighted by molar-refractivity contribution is 6.03. The summed E-state index contributed by atoms with van der Waals surface area (Å²) in [6, 6.07) is 3.25. The van der Waals surface area contributed by atoms with Crippen molar-refractivity contribution < 1.29 is 19.8 Å². The van der Waals surface area contributed by atoms with Gasteiger partial charge in [0, 0.05) is 0 Å². The normalized spacial score (nSPS) is 11.1. The summed E-state index contributed by atoms with van der Waals surface area (Å²) in [5, 5.41) is 18.9. The summed E-state index contributed by atoms with van der Waals surface area (Å²) >= 11 is 0. The van der Waals surface area contributed by atoms with Crippen molar-refractivity contribution >= 4 is 11.9 Å². The van der Waals surface area contributed by atoms with E-state index >= 15 is 0 Å². The van der Waals surface area contributed by atoms with Gasteiger partial charge in [-0.25, -0.2) is 9.59 Å². The predicted octanol–water partition coefficient (Wildman–Crippen LogP) is 6.67. The summed E-state index contributed by atoms with van der Waals surface area (Å²) in [7, 11) is 0. The lowest BCUT2D eigenvalue weighted by atomic mass is 9.86. The van der Waals surface area contributed by atoms with E-state index in [-0.39, 0.29) is 17.0 Å². The van der Waals surface area contributed by atoms with Crippen LogP contribution in [0.3, 0.4) is 0 Å². The van der Waals surface area contributed by atoms with Crippen molar-refractivity contribution in [3.8, 4) is 0 Å². The van der Waals surface area contributed by atoms with Gasteiger partial charge in [-0.2, -0.15) is 0 Å². The highest BCUT2D eigenvalue weighted by Gasteiger charge is 2.24. The van der Waals surface area contributed by atoms with Crippen molar-refractivity contribution in [1.82, 2.24) is 0 Å². The Balaban J connectivity index is 2.57. The number of unbranched alkanes of at least 4 members (excludes halogenated alkanes) is 9. The molecular weight excluding hydrogens is 340 g/mol. The molecule has 1 rings (SSSR count). The number of hydrogen-bond acceptors (Lipinski definition) is 2. The van der Waals surface area contributed by atoms with Gasteiger partial charge in [0.25, 0.3) is 0 Å². The third-order valence-electron chi connectivity index (χ3n) is 5.16. The van der Waals surface area contributed by atoms with Gasteiger partial charge < -0.3 is 10.2 Å². The van der Waals surface area contributed by atoms with Crippen LogP contribution in [0.1, 0.15) is 123 Å². The molecule has 0 atom stereocenters. The maximum Gasteiger partial charge on any atom is 0.336 e. The molecule has 1 aromatic carbocycles. The molecule has 0 aliphatic rings. The lowest BCUT2D eigenvalue weighted by Gasteiger charge is -2.18. The SMILES string of the molecule is CCCCCCCCCCCCc1ccc(C(=O)O)c(C(=O)O)c1C(C)C. The average Bonchev–Trinajstić information content (AvgIpc) is 2.62. The number of hydrogen-bond donors (Lipinski definition) is 2. The molecule has 0 saturated heterocycles. The second-order valence-corrected chi connectivity index (χ2v) is 7.76. The molecule has 1 aromatic rings. The second-order valence-electron chi connectivity index (χ2n) is 7.76. The first-order chi connectivity index (χ1) is 12.9. The minimum atomic E-state index is -1.18. The number of carboxylic acid groups (broad SMARTS) is 2. The zero-order valence-corrected chi connectivity index (χ0v) is 17.2. The van der Waals surface area contributed by atoms with Crippen LogP contribution in [0.4, 0.5) is 0 Å². The van der Waals surface area contributed by atoms with Crippen LogP contribution in [0.15, 0.2) is 12.1 Å². The molecule has 0 amide bonds. The first-order valence-corrected chi connectivity index (χ1v) is 10.5. The van der Waals surface area contributed by atoms with Gasteiger partial charge in [0.1, 0.15) is 0 Å². The van der Waals surface area contributed by atoms with E-state index in [1.165, 1.54) is 57.4 Å². The Morgan fingerprint density at radius 2 is 1.33 bits per heavy atom. The van der Waals surface area contributed by atoms with Crippen LogP contribution in [0.25, 0.3) is 0 Å². The Morgan fingerprint density at radius 1 is 0.815 bits per heavy atom. The Kier molecular flexibility index (Phi) is 10.8. The summed E-state index contributed by atoms with van der Waals surface area (Å²) in [6.07, 6.45) is 13.4. The largest absolute Gasteiger partial charge is 0.478 e. The fraction of sp³-hybridized carbons (Fsp3) is 0.652. The molecule has 0 saturated carbocycles. The fourth-order valence-electron chi connectivity index (χ4n) is 3.75. The predicted molar refractivity (Wildman–Crippen MR) is 110 cm³/mol. The molecule has 0 unspecified atom stereocenters. The molecule has 0 fully saturated rings. The lowest BCUT2D eigenvalue weighted by molar-refractivity contribution is 0.0650. The number of carboxylic acids is 2. The summed E-state index contributed by atoms with van der Waals surface area (Å²) in [5.74, 6) is -2.35. The van der Waals surface area contributed by atoms with E-state index in [1.54, 1.807) is 6.07 Å². The Morgan fingerprint density at radius 3 is 1.78 bits per heavy atom. The number of rotatable bonds is 14. The molecule has 0 aliphatic carbocycles. The smallest absolute Gasteiger partial charge is 0.336 e. The van der Waals surface area contributed by atoms with Crippen LogP contribution in [0, 0.1) is 0 Å². The van der Waals surface area contributed by atoms with Gasteiger partial charge >= 0.3 is 11.9 Å². The monoisotopic (exact) mass is 376 g/mol. The molecule has 0 aliphatic heterocycles. The zero-order valence-electron chi connectivity index (χ0n) is 17.2. The fourth-order valence-corrected chi connectivity index (χ4v) is 3.75. The van der Waals surface area contributed by atoms with Crippen LogP contribution < -0.4 is 0 Å². The molecule has 4 heteroatoms. The lowest BCUT2D eigenvalue weighted by Crippen LogP contribution is -2.14. The molecule has 4 nitrogen and oxygen atoms in total. The maximum atomic E-state index is 11.7. The van der Waals surface area contributed by atoms with E-state index in [0.29, 0.717) is 5.56 Å². The molecule has 0 heterocycles. The number of carbonyl (C=O) groups is 2. The van der Waals surface area contributed by atoms with Crippen molar-refractivity contribution in [3.05, 3.63) is 34.4 Å². The highest BCUT2D eigenvalue weighted by atomic mass is 16.4. The Hall–Kier alpha value is -1.84. The number of aryl methyl sites for hydroxylation is 1. The zero-order chi connectivity index (χ0) is 20.2. The highest BCUT2D eigenvalue weighted by Crippen LogP contribution is 2.29. The Bertz CT molecular complexity index is 605. The molecule has 27 heavy (non-hydrogen) atoms. The molecule has 152 valence electrons. The van der Waals surface area contributed by atoms with Gasteiger partial charge in [0.05, 0.1) is 11.1 Å². The molecule has 2 N–H and O–H groups in total. The summed E-state index contributed by atoms with van der Waals surface area (Å²) in [6.45, 7) is 6.09. The van der Waals surface area contributed by atoms with Crippen LogP contribution in [-0.4, -0.2) is 22.2 Å². The van der Waals surface area contributed by atoms with Gasteiger partial charge in [-0.15, -0.1) is 0 Å². The summed E-state index contributed by atoms with van der Waals surface area (Å²) in [4.78, 5) is 23.1. The number of benzene rings is 1. The van der Waals surface area contributed by atoms with E-state index < -0.39 is 11.9 Å². The van der Waals surface area contributed by atoms with Crippen LogP contribution in [0.2, 0.25) is 0 Å². The molecule has 0 radical (unpaired) electrons. The van der Waals surface area contributed by atoms with Crippen LogP contribution in [-0.2, 0) is 6.42 Å². The molecular formula is C23H36O4. The van der Waals surface area contributed by atoms with E-state index in [9.17, 15) is 19.8 Å². The number of aromatic carboxylic acids is 2. The van der Waals surface area contributed by atoms with E-state index in [2.05, 4.69) is 6.92 Å². The molecule has 0 aromatic heterocycles. The van der Waals surface area contributed by atoms with Gasteiger partial charge in [-0.1, -0.05) is 84.6 Å². The third kappa shape index (κ3) is 7.74. The van der Waals surface area contributed by atoms with Gasteiger partial charge in [0.2, 0.25) is 0 Å². The quantitative estimate of drug-likeness (QED) is 0.356. The van der Waals surface area contributed by atoms with Crippen LogP contribution >= 0.6 is 0 Å². The first-order valence-electron chi connectivity index (χ1n) is 10.5. The third-order valence-corrected chi connectivity index (χ3v) is 5.16. The summed E-state index contributed by atoms with van der Waals surface area (Å²) < 4.78 is 0. The van der Waals surface area contributed by atoms with Crippen molar-refractivity contribution in [1.29, 1.82) is 0 Å².